The first kappa shape index (κ1) is 28.5. The molecule has 1 spiro atoms. The third-order valence-corrected chi connectivity index (χ3v) is 7.86. The minimum atomic E-state index is -5.08. The number of sulfonamides is 1. The van der Waals surface area contributed by atoms with Gasteiger partial charge in [0.05, 0.1) is 30.2 Å². The van der Waals surface area contributed by atoms with Gasteiger partial charge in [0.1, 0.15) is 0 Å². The Morgan fingerprint density at radius 2 is 2.03 bits per heavy atom. The van der Waals surface area contributed by atoms with E-state index < -0.39 is 27.8 Å². The van der Waals surface area contributed by atoms with E-state index in [4.69, 9.17) is 14.6 Å². The molecule has 0 aromatic carbocycles. The molecule has 0 amide bonds. The second-order valence-electron chi connectivity index (χ2n) is 9.40. The Kier molecular flexibility index (Phi) is 9.53. The molecule has 1 aromatic heterocycles. The number of nitrogens with zero attached hydrogens (tertiary/aromatic N) is 3. The Morgan fingerprint density at radius 3 is 2.56 bits per heavy atom. The number of rotatable bonds is 6. The molecule has 196 valence electrons. The molecule has 2 atom stereocenters. The Hall–Kier alpha value is -1.70. The molecule has 2 heterocycles. The quantitative estimate of drug-likeness (QED) is 0.602. The average molecular weight is 513 g/mol. The first-order valence-electron chi connectivity index (χ1n) is 11.3. The molecular formula is C21H35F3N4O5S. The van der Waals surface area contributed by atoms with Crippen molar-refractivity contribution in [3.05, 3.63) is 17.5 Å². The minimum absolute atomic E-state index is 0.111. The summed E-state index contributed by atoms with van der Waals surface area (Å²) in [5.74, 6) is -2.48. The predicted molar refractivity (Wildman–Crippen MR) is 120 cm³/mol. The van der Waals surface area contributed by atoms with Crippen LogP contribution in [0.15, 0.2) is 6.20 Å². The summed E-state index contributed by atoms with van der Waals surface area (Å²) in [6.45, 7) is 9.05. The van der Waals surface area contributed by atoms with Gasteiger partial charge >= 0.3 is 12.1 Å². The van der Waals surface area contributed by atoms with Crippen LogP contribution in [0.1, 0.15) is 50.8 Å². The summed E-state index contributed by atoms with van der Waals surface area (Å²) in [4.78, 5) is 11.3. The standard InChI is InChI=1S/C19H34N4O3S.C2HF3O2/c1-15(2)13-27(24,25)21-18-7-5-6-8-19(18)14-23(9-10-26-19)12-17-11-20-22(4)16(17)3;3-2(4,5)1(6)7/h11,15,18,21H,5-10,12-14H2,1-4H3;(H,6,7). The lowest BCUT2D eigenvalue weighted by molar-refractivity contribution is -0.192. The van der Waals surface area contributed by atoms with Crippen molar-refractivity contribution in [1.29, 1.82) is 0 Å². The summed E-state index contributed by atoms with van der Waals surface area (Å²) in [6.07, 6.45) is 0.729. The van der Waals surface area contributed by atoms with E-state index in [-0.39, 0.29) is 17.7 Å². The summed E-state index contributed by atoms with van der Waals surface area (Å²) >= 11 is 0. The maximum atomic E-state index is 12.6. The van der Waals surface area contributed by atoms with Crippen molar-refractivity contribution in [3.63, 3.8) is 0 Å². The van der Waals surface area contributed by atoms with Gasteiger partial charge in [-0.25, -0.2) is 17.9 Å². The third-order valence-electron chi connectivity index (χ3n) is 6.11. The van der Waals surface area contributed by atoms with Crippen LogP contribution in [-0.2, 0) is 33.1 Å². The van der Waals surface area contributed by atoms with Crippen molar-refractivity contribution < 1.29 is 36.2 Å². The highest BCUT2D eigenvalue weighted by atomic mass is 32.2. The molecule has 0 radical (unpaired) electrons. The smallest absolute Gasteiger partial charge is 0.475 e. The number of morpholine rings is 1. The Balaban J connectivity index is 0.000000509. The van der Waals surface area contributed by atoms with Gasteiger partial charge in [-0.15, -0.1) is 0 Å². The third kappa shape index (κ3) is 7.92. The highest BCUT2D eigenvalue weighted by molar-refractivity contribution is 7.89. The van der Waals surface area contributed by atoms with Gasteiger partial charge in [0.15, 0.2) is 0 Å². The van der Waals surface area contributed by atoms with Gasteiger partial charge in [0, 0.05) is 37.9 Å². The SMILES string of the molecule is Cc1c(CN2CCOC3(CCCCC3NS(=O)(=O)CC(C)C)C2)cnn1C.O=C(O)C(F)(F)F. The second-order valence-corrected chi connectivity index (χ2v) is 11.2. The summed E-state index contributed by atoms with van der Waals surface area (Å²) in [5, 5.41) is 11.5. The van der Waals surface area contributed by atoms with Crippen LogP contribution in [0.4, 0.5) is 13.2 Å². The molecule has 2 N–H and O–H groups in total. The van der Waals surface area contributed by atoms with Gasteiger partial charge in [-0.1, -0.05) is 26.7 Å². The van der Waals surface area contributed by atoms with Crippen molar-refractivity contribution >= 4 is 16.0 Å². The van der Waals surface area contributed by atoms with Gasteiger partial charge in [0.2, 0.25) is 10.0 Å². The summed E-state index contributed by atoms with van der Waals surface area (Å²) < 4.78 is 68.0. The zero-order chi connectivity index (χ0) is 25.7. The van der Waals surface area contributed by atoms with Crippen molar-refractivity contribution in [3.8, 4) is 0 Å². The van der Waals surface area contributed by atoms with Crippen LogP contribution < -0.4 is 4.72 Å². The Bertz CT molecular complexity index is 931. The number of hydrogen-bond donors (Lipinski definition) is 2. The normalized spacial score (nSPS) is 24.2. The lowest BCUT2D eigenvalue weighted by Gasteiger charge is -2.49. The number of hydrogen-bond acceptors (Lipinski definition) is 6. The Morgan fingerprint density at radius 1 is 1.38 bits per heavy atom. The molecule has 0 bridgehead atoms. The van der Waals surface area contributed by atoms with Crippen LogP contribution in [0.3, 0.4) is 0 Å². The number of carbonyl (C=O) groups is 1. The van der Waals surface area contributed by atoms with Gasteiger partial charge in [-0.2, -0.15) is 18.3 Å². The lowest BCUT2D eigenvalue weighted by atomic mass is 9.79. The van der Waals surface area contributed by atoms with E-state index >= 15 is 0 Å². The van der Waals surface area contributed by atoms with Crippen LogP contribution in [0.25, 0.3) is 0 Å². The molecule has 9 nitrogen and oxygen atoms in total. The van der Waals surface area contributed by atoms with Crippen molar-refractivity contribution in [2.75, 3.05) is 25.4 Å². The monoisotopic (exact) mass is 512 g/mol. The molecule has 2 fully saturated rings. The first-order valence-corrected chi connectivity index (χ1v) is 12.9. The molecule has 2 aliphatic rings. The molecule has 1 aliphatic carbocycles. The molecule has 2 unspecified atom stereocenters. The van der Waals surface area contributed by atoms with Gasteiger partial charge in [0.25, 0.3) is 0 Å². The molecule has 3 rings (SSSR count). The number of alkyl halides is 3. The molecule has 1 aromatic rings. The number of aliphatic carboxylic acids is 1. The summed E-state index contributed by atoms with van der Waals surface area (Å²) in [7, 11) is -1.34. The highest BCUT2D eigenvalue weighted by Gasteiger charge is 2.46. The van der Waals surface area contributed by atoms with E-state index in [9.17, 15) is 21.6 Å². The molecule has 34 heavy (non-hydrogen) atoms. The van der Waals surface area contributed by atoms with Gasteiger partial charge < -0.3 is 9.84 Å². The van der Waals surface area contributed by atoms with Crippen LogP contribution in [-0.4, -0.2) is 77.4 Å². The minimum Gasteiger partial charge on any atom is -0.475 e. The predicted octanol–water partition coefficient (Wildman–Crippen LogP) is 2.45. The zero-order valence-electron chi connectivity index (χ0n) is 20.1. The fourth-order valence-electron chi connectivity index (χ4n) is 4.40. The van der Waals surface area contributed by atoms with Gasteiger partial charge in [-0.3, -0.25) is 9.58 Å². The van der Waals surface area contributed by atoms with E-state index in [1.165, 1.54) is 11.3 Å². The number of halogens is 3. The molecular weight excluding hydrogens is 477 g/mol. The fraction of sp³-hybridized carbons (Fsp3) is 0.810. The zero-order valence-corrected chi connectivity index (χ0v) is 20.9. The molecule has 1 saturated heterocycles. The van der Waals surface area contributed by atoms with Crippen LogP contribution in [0.2, 0.25) is 0 Å². The molecule has 1 aliphatic heterocycles. The molecule has 1 saturated carbocycles. The Labute approximate surface area is 198 Å². The van der Waals surface area contributed by atoms with E-state index in [0.717, 1.165) is 45.3 Å². The maximum Gasteiger partial charge on any atom is 0.490 e. The number of aryl methyl sites for hydroxylation is 1. The van der Waals surface area contributed by atoms with E-state index in [2.05, 4.69) is 21.6 Å². The average Bonchev–Trinajstić information content (AvgIpc) is 3.01. The lowest BCUT2D eigenvalue weighted by Crippen LogP contribution is -2.64. The van der Waals surface area contributed by atoms with E-state index in [1.807, 2.05) is 31.8 Å². The van der Waals surface area contributed by atoms with E-state index in [1.54, 1.807) is 0 Å². The summed E-state index contributed by atoms with van der Waals surface area (Å²) in [5.41, 5.74) is 1.98. The number of aromatic nitrogens is 2. The number of nitrogens with one attached hydrogen (secondary N) is 1. The summed E-state index contributed by atoms with van der Waals surface area (Å²) in [6, 6.07) is -0.146. The largest absolute Gasteiger partial charge is 0.490 e. The van der Waals surface area contributed by atoms with E-state index in [0.29, 0.717) is 6.61 Å². The number of ether oxygens (including phenoxy) is 1. The van der Waals surface area contributed by atoms with Crippen molar-refractivity contribution in [1.82, 2.24) is 19.4 Å². The maximum absolute atomic E-state index is 12.6. The van der Waals surface area contributed by atoms with Crippen LogP contribution in [0, 0.1) is 12.8 Å². The fourth-order valence-corrected chi connectivity index (χ4v) is 6.14. The number of carboxylic acid groups (broad SMARTS) is 1. The van der Waals surface area contributed by atoms with Crippen molar-refractivity contribution in [2.45, 2.75) is 70.8 Å². The van der Waals surface area contributed by atoms with Gasteiger partial charge in [-0.05, 0) is 25.7 Å². The first-order chi connectivity index (χ1) is 15.7. The van der Waals surface area contributed by atoms with Crippen LogP contribution >= 0.6 is 0 Å². The van der Waals surface area contributed by atoms with Crippen molar-refractivity contribution in [2.24, 2.45) is 13.0 Å². The topological polar surface area (TPSA) is 114 Å². The molecule has 13 heteroatoms. The van der Waals surface area contributed by atoms with Crippen LogP contribution in [0.5, 0.6) is 0 Å². The highest BCUT2D eigenvalue weighted by Crippen LogP contribution is 2.36. The number of carboxylic acids is 1. The second kappa shape index (κ2) is 11.4.